The number of benzene rings is 1. The summed E-state index contributed by atoms with van der Waals surface area (Å²) in [6.45, 7) is 3.74. The molecule has 1 N–H and O–H groups in total. The summed E-state index contributed by atoms with van der Waals surface area (Å²) in [7, 11) is 0. The highest BCUT2D eigenvalue weighted by atomic mass is 35.5. The van der Waals surface area contributed by atoms with E-state index in [0.29, 0.717) is 27.1 Å². The Bertz CT molecular complexity index is 889. The molecule has 1 aromatic carbocycles. The summed E-state index contributed by atoms with van der Waals surface area (Å²) in [4.78, 5) is 16.7. The van der Waals surface area contributed by atoms with Crippen molar-refractivity contribution in [1.29, 1.82) is 0 Å². The highest BCUT2D eigenvalue weighted by Crippen LogP contribution is 2.25. The van der Waals surface area contributed by atoms with Crippen molar-refractivity contribution in [3.8, 4) is 0 Å². The highest BCUT2D eigenvalue weighted by Gasteiger charge is 2.13. The van der Waals surface area contributed by atoms with Crippen molar-refractivity contribution < 1.29 is 4.79 Å². The Morgan fingerprint density at radius 3 is 2.73 bits per heavy atom. The van der Waals surface area contributed by atoms with E-state index in [0.717, 1.165) is 11.4 Å². The van der Waals surface area contributed by atoms with Crippen LogP contribution in [0.15, 0.2) is 30.3 Å². The fraction of sp³-hybridized carbons (Fsp3) is 0.133. The van der Waals surface area contributed by atoms with Crippen LogP contribution in [-0.4, -0.2) is 20.5 Å². The number of aromatic nitrogens is 3. The topological polar surface area (TPSA) is 59.3 Å². The predicted molar refractivity (Wildman–Crippen MR) is 86.9 cm³/mol. The third kappa shape index (κ3) is 2.77. The normalized spacial score (nSPS) is 10.9. The van der Waals surface area contributed by atoms with E-state index in [2.05, 4.69) is 15.4 Å². The quantitative estimate of drug-likeness (QED) is 0.772. The molecule has 0 radical (unpaired) electrons. The van der Waals surface area contributed by atoms with Crippen molar-refractivity contribution in [2.45, 2.75) is 13.8 Å². The van der Waals surface area contributed by atoms with E-state index >= 15 is 0 Å². The van der Waals surface area contributed by atoms with Crippen LogP contribution in [0, 0.1) is 13.8 Å². The van der Waals surface area contributed by atoms with Gasteiger partial charge >= 0.3 is 0 Å². The van der Waals surface area contributed by atoms with Crippen molar-refractivity contribution in [2.24, 2.45) is 0 Å². The standard InChI is InChI=1S/C15H12Cl2N4O/c1-8-5-14-18-13(6-9(2)21(14)20-8)15(22)19-12-7-10(16)3-4-11(12)17/h3-7H,1-2H3,(H,19,22). The minimum atomic E-state index is -0.353. The van der Waals surface area contributed by atoms with Gasteiger partial charge in [-0.2, -0.15) is 5.10 Å². The Morgan fingerprint density at radius 1 is 1.18 bits per heavy atom. The van der Waals surface area contributed by atoms with Gasteiger partial charge in [0.2, 0.25) is 0 Å². The first kappa shape index (κ1) is 14.8. The van der Waals surface area contributed by atoms with Crippen LogP contribution in [0.2, 0.25) is 10.0 Å². The van der Waals surface area contributed by atoms with E-state index < -0.39 is 0 Å². The molecule has 0 fully saturated rings. The third-order valence-electron chi connectivity index (χ3n) is 3.14. The molecule has 22 heavy (non-hydrogen) atoms. The summed E-state index contributed by atoms with van der Waals surface area (Å²) in [6, 6.07) is 8.37. The molecular weight excluding hydrogens is 323 g/mol. The number of fused-ring (bicyclic) bond motifs is 1. The molecule has 0 saturated heterocycles. The largest absolute Gasteiger partial charge is 0.319 e. The second kappa shape index (κ2) is 5.59. The third-order valence-corrected chi connectivity index (χ3v) is 3.70. The average molecular weight is 335 g/mol. The smallest absolute Gasteiger partial charge is 0.274 e. The maximum absolute atomic E-state index is 12.4. The first-order chi connectivity index (χ1) is 10.4. The van der Waals surface area contributed by atoms with E-state index in [-0.39, 0.29) is 5.91 Å². The van der Waals surface area contributed by atoms with Gasteiger partial charge in [0.25, 0.3) is 5.91 Å². The zero-order valence-electron chi connectivity index (χ0n) is 11.9. The number of nitrogens with zero attached hydrogens (tertiary/aromatic N) is 3. The van der Waals surface area contributed by atoms with E-state index in [1.807, 2.05) is 19.9 Å². The Labute approximate surface area is 136 Å². The predicted octanol–water partition coefficient (Wildman–Crippen LogP) is 3.91. The average Bonchev–Trinajstić information content (AvgIpc) is 2.84. The van der Waals surface area contributed by atoms with Crippen LogP contribution in [0.1, 0.15) is 21.9 Å². The van der Waals surface area contributed by atoms with Crippen LogP contribution < -0.4 is 5.32 Å². The number of rotatable bonds is 2. The van der Waals surface area contributed by atoms with E-state index in [4.69, 9.17) is 23.2 Å². The number of hydrogen-bond donors (Lipinski definition) is 1. The van der Waals surface area contributed by atoms with E-state index in [1.54, 1.807) is 28.8 Å². The summed E-state index contributed by atoms with van der Waals surface area (Å²) < 4.78 is 1.69. The lowest BCUT2D eigenvalue weighted by Gasteiger charge is -2.08. The summed E-state index contributed by atoms with van der Waals surface area (Å²) in [5.74, 6) is -0.353. The molecule has 3 aromatic rings. The lowest BCUT2D eigenvalue weighted by atomic mass is 10.2. The Hall–Kier alpha value is -2.11. The second-order valence-corrected chi connectivity index (χ2v) is 5.76. The second-order valence-electron chi connectivity index (χ2n) is 4.92. The van der Waals surface area contributed by atoms with Gasteiger partial charge in [0, 0.05) is 16.8 Å². The van der Waals surface area contributed by atoms with Crippen molar-refractivity contribution >= 4 is 40.4 Å². The molecule has 0 spiro atoms. The summed E-state index contributed by atoms with van der Waals surface area (Å²) in [6.07, 6.45) is 0. The number of amides is 1. The zero-order valence-corrected chi connectivity index (χ0v) is 13.4. The highest BCUT2D eigenvalue weighted by molar-refractivity contribution is 6.35. The summed E-state index contributed by atoms with van der Waals surface area (Å²) >= 11 is 12.0. The monoisotopic (exact) mass is 334 g/mol. The van der Waals surface area contributed by atoms with Crippen molar-refractivity contribution in [3.63, 3.8) is 0 Å². The van der Waals surface area contributed by atoms with Crippen LogP contribution >= 0.6 is 23.2 Å². The maximum Gasteiger partial charge on any atom is 0.274 e. The number of anilines is 1. The van der Waals surface area contributed by atoms with Gasteiger partial charge in [-0.1, -0.05) is 23.2 Å². The van der Waals surface area contributed by atoms with Crippen LogP contribution in [0.5, 0.6) is 0 Å². The Balaban J connectivity index is 1.96. The van der Waals surface area contributed by atoms with Gasteiger partial charge in [0.1, 0.15) is 5.69 Å². The SMILES string of the molecule is Cc1cc2nc(C(=O)Nc3cc(Cl)ccc3Cl)cc(C)n2n1. The molecule has 1 amide bonds. The van der Waals surface area contributed by atoms with Crippen molar-refractivity contribution in [3.05, 3.63) is 57.5 Å². The first-order valence-corrected chi connectivity index (χ1v) is 7.30. The molecule has 0 aliphatic carbocycles. The van der Waals surface area contributed by atoms with Gasteiger partial charge < -0.3 is 5.32 Å². The Kier molecular flexibility index (Phi) is 3.76. The summed E-state index contributed by atoms with van der Waals surface area (Å²) in [5.41, 5.74) is 3.02. The van der Waals surface area contributed by atoms with Crippen molar-refractivity contribution in [2.75, 3.05) is 5.32 Å². The molecule has 0 aliphatic heterocycles. The summed E-state index contributed by atoms with van der Waals surface area (Å²) in [5, 5.41) is 7.93. The van der Waals surface area contributed by atoms with Crippen LogP contribution in [0.4, 0.5) is 5.69 Å². The number of nitrogens with one attached hydrogen (secondary N) is 1. The zero-order chi connectivity index (χ0) is 15.9. The molecule has 2 aromatic heterocycles. The molecule has 0 aliphatic rings. The fourth-order valence-electron chi connectivity index (χ4n) is 2.14. The van der Waals surface area contributed by atoms with Gasteiger partial charge in [-0.15, -0.1) is 0 Å². The van der Waals surface area contributed by atoms with Gasteiger partial charge in [0.05, 0.1) is 16.4 Å². The first-order valence-electron chi connectivity index (χ1n) is 6.54. The molecule has 2 heterocycles. The van der Waals surface area contributed by atoms with Gasteiger partial charge in [-0.25, -0.2) is 9.50 Å². The number of halogens is 2. The molecular formula is C15H12Cl2N4O. The Morgan fingerprint density at radius 2 is 1.95 bits per heavy atom. The minimum Gasteiger partial charge on any atom is -0.319 e. The maximum atomic E-state index is 12.4. The molecule has 0 unspecified atom stereocenters. The van der Waals surface area contributed by atoms with E-state index in [9.17, 15) is 4.79 Å². The molecule has 7 heteroatoms. The van der Waals surface area contributed by atoms with Crippen molar-refractivity contribution in [1.82, 2.24) is 14.6 Å². The number of carbonyl (C=O) groups excluding carboxylic acids is 1. The van der Waals surface area contributed by atoms with Crippen LogP contribution in [-0.2, 0) is 0 Å². The minimum absolute atomic E-state index is 0.293. The van der Waals surface area contributed by atoms with Gasteiger partial charge in [0.15, 0.2) is 5.65 Å². The fourth-order valence-corrected chi connectivity index (χ4v) is 2.47. The molecule has 0 bridgehead atoms. The number of aryl methyl sites for hydroxylation is 2. The molecule has 5 nitrogen and oxygen atoms in total. The molecule has 3 rings (SSSR count). The van der Waals surface area contributed by atoms with Gasteiger partial charge in [-0.05, 0) is 38.1 Å². The number of carbonyl (C=O) groups is 1. The lowest BCUT2D eigenvalue weighted by Crippen LogP contribution is -2.15. The molecule has 0 atom stereocenters. The number of hydrogen-bond acceptors (Lipinski definition) is 3. The van der Waals surface area contributed by atoms with Crippen LogP contribution in [0.3, 0.4) is 0 Å². The molecule has 0 saturated carbocycles. The van der Waals surface area contributed by atoms with Gasteiger partial charge in [-0.3, -0.25) is 4.79 Å². The lowest BCUT2D eigenvalue weighted by molar-refractivity contribution is 0.102. The molecule has 112 valence electrons. The van der Waals surface area contributed by atoms with Crippen LogP contribution in [0.25, 0.3) is 5.65 Å². The van der Waals surface area contributed by atoms with E-state index in [1.165, 1.54) is 0 Å².